The number of aromatic amines is 1. The molecule has 0 aliphatic carbocycles. The Morgan fingerprint density at radius 2 is 1.73 bits per heavy atom. The van der Waals surface area contributed by atoms with E-state index in [1.807, 2.05) is 47.4 Å². The fourth-order valence-corrected chi connectivity index (χ4v) is 3.58. The fraction of sp³-hybridized carbons (Fsp3) is 0.200. The van der Waals surface area contributed by atoms with Crippen LogP contribution in [-0.2, 0) is 0 Å². The largest absolute Gasteiger partial charge is 0.352 e. The topological polar surface area (TPSA) is 52.2 Å². The lowest BCUT2D eigenvalue weighted by Gasteiger charge is -2.34. The molecule has 6 heteroatoms. The number of halogens is 1. The molecule has 2 aromatic carbocycles. The van der Waals surface area contributed by atoms with Crippen molar-refractivity contribution >= 4 is 27.7 Å². The Morgan fingerprint density at radius 1 is 0.962 bits per heavy atom. The van der Waals surface area contributed by atoms with E-state index in [-0.39, 0.29) is 5.91 Å². The minimum atomic E-state index is 0.0814. The average Bonchev–Trinajstić information content (AvgIpc) is 3.18. The molecule has 0 unspecified atom stereocenters. The highest BCUT2D eigenvalue weighted by Gasteiger charge is 2.23. The van der Waals surface area contributed by atoms with Crippen molar-refractivity contribution in [1.29, 1.82) is 0 Å². The Hall–Kier alpha value is -2.60. The van der Waals surface area contributed by atoms with Gasteiger partial charge < -0.3 is 9.80 Å². The molecule has 1 fully saturated rings. The van der Waals surface area contributed by atoms with Crippen molar-refractivity contribution in [3.8, 4) is 11.3 Å². The summed E-state index contributed by atoms with van der Waals surface area (Å²) in [4.78, 5) is 16.8. The Morgan fingerprint density at radius 3 is 2.46 bits per heavy atom. The van der Waals surface area contributed by atoms with E-state index in [1.54, 1.807) is 0 Å². The molecule has 0 atom stereocenters. The first kappa shape index (κ1) is 16.8. The number of aromatic nitrogens is 2. The van der Waals surface area contributed by atoms with E-state index in [2.05, 4.69) is 49.2 Å². The van der Waals surface area contributed by atoms with E-state index < -0.39 is 0 Å². The molecule has 1 aromatic heterocycles. The molecule has 1 amide bonds. The van der Waals surface area contributed by atoms with E-state index in [1.165, 1.54) is 0 Å². The van der Waals surface area contributed by atoms with Crippen molar-refractivity contribution in [3.63, 3.8) is 0 Å². The number of hydrogen-bond acceptors (Lipinski definition) is 3. The molecular formula is C20H19BrN4O. The number of carbonyl (C=O) groups is 1. The first-order chi connectivity index (χ1) is 12.7. The number of H-pyrrole nitrogens is 1. The summed E-state index contributed by atoms with van der Waals surface area (Å²) in [6, 6.07) is 19.8. The molecule has 2 heterocycles. The lowest BCUT2D eigenvalue weighted by molar-refractivity contribution is 0.0746. The van der Waals surface area contributed by atoms with Crippen molar-refractivity contribution in [2.24, 2.45) is 0 Å². The average molecular weight is 411 g/mol. The van der Waals surface area contributed by atoms with Crippen molar-refractivity contribution in [2.75, 3.05) is 31.1 Å². The number of rotatable bonds is 3. The minimum absolute atomic E-state index is 0.0814. The SMILES string of the molecule is O=C(c1cccc(Br)c1)N1CCN(c2cc(-c3ccccc3)[nH]n2)CC1. The van der Waals surface area contributed by atoms with Crippen LogP contribution < -0.4 is 4.90 Å². The number of amides is 1. The maximum atomic E-state index is 12.6. The van der Waals surface area contributed by atoms with E-state index >= 15 is 0 Å². The predicted octanol–water partition coefficient (Wildman–Crippen LogP) is 3.80. The number of nitrogens with one attached hydrogen (secondary N) is 1. The van der Waals surface area contributed by atoms with Crippen LogP contribution in [0.2, 0.25) is 0 Å². The molecule has 0 saturated carbocycles. The number of anilines is 1. The molecule has 5 nitrogen and oxygen atoms in total. The molecule has 3 aromatic rings. The maximum absolute atomic E-state index is 12.6. The predicted molar refractivity (Wildman–Crippen MR) is 106 cm³/mol. The zero-order valence-corrected chi connectivity index (χ0v) is 15.8. The van der Waals surface area contributed by atoms with Gasteiger partial charge in [0.1, 0.15) is 0 Å². The van der Waals surface area contributed by atoms with Gasteiger partial charge >= 0.3 is 0 Å². The van der Waals surface area contributed by atoms with Crippen molar-refractivity contribution < 1.29 is 4.79 Å². The third-order valence-electron chi connectivity index (χ3n) is 4.61. The standard InChI is InChI=1S/C20H19BrN4O/c21-17-8-4-7-16(13-17)20(26)25-11-9-24(10-12-25)19-14-18(22-23-19)15-5-2-1-3-6-15/h1-8,13-14H,9-12H2,(H,22,23). The molecule has 4 rings (SSSR count). The van der Waals surface area contributed by atoms with Gasteiger partial charge in [-0.1, -0.05) is 52.3 Å². The molecule has 1 N–H and O–H groups in total. The van der Waals surface area contributed by atoms with Crippen LogP contribution >= 0.6 is 15.9 Å². The summed E-state index contributed by atoms with van der Waals surface area (Å²) in [6.45, 7) is 2.94. The maximum Gasteiger partial charge on any atom is 0.254 e. The lowest BCUT2D eigenvalue weighted by atomic mass is 10.1. The Kier molecular flexibility index (Phi) is 4.75. The molecule has 26 heavy (non-hydrogen) atoms. The highest BCUT2D eigenvalue weighted by Crippen LogP contribution is 2.23. The van der Waals surface area contributed by atoms with Crippen LogP contribution in [0.1, 0.15) is 10.4 Å². The molecule has 0 radical (unpaired) electrons. The highest BCUT2D eigenvalue weighted by atomic mass is 79.9. The number of benzene rings is 2. The fourth-order valence-electron chi connectivity index (χ4n) is 3.18. The van der Waals surface area contributed by atoms with E-state index in [0.29, 0.717) is 13.1 Å². The van der Waals surface area contributed by atoms with Gasteiger partial charge in [-0.25, -0.2) is 0 Å². The Bertz CT molecular complexity index is 901. The van der Waals surface area contributed by atoms with Crippen molar-refractivity contribution in [1.82, 2.24) is 15.1 Å². The smallest absolute Gasteiger partial charge is 0.254 e. The van der Waals surface area contributed by atoms with Crippen LogP contribution in [0.5, 0.6) is 0 Å². The summed E-state index contributed by atoms with van der Waals surface area (Å²) in [7, 11) is 0. The van der Waals surface area contributed by atoms with Gasteiger partial charge in [0.2, 0.25) is 0 Å². The summed E-state index contributed by atoms with van der Waals surface area (Å²) in [5.41, 5.74) is 2.85. The number of carbonyl (C=O) groups excluding carboxylic acids is 1. The molecule has 1 aliphatic heterocycles. The molecular weight excluding hydrogens is 392 g/mol. The Labute approximate surface area is 160 Å². The van der Waals surface area contributed by atoms with Crippen LogP contribution in [0, 0.1) is 0 Å². The summed E-state index contributed by atoms with van der Waals surface area (Å²) in [6.07, 6.45) is 0. The van der Waals surface area contributed by atoms with E-state index in [0.717, 1.165) is 40.2 Å². The first-order valence-electron chi connectivity index (χ1n) is 8.61. The van der Waals surface area contributed by atoms with Crippen LogP contribution in [0.15, 0.2) is 65.1 Å². The molecule has 132 valence electrons. The van der Waals surface area contributed by atoms with Gasteiger partial charge in [-0.2, -0.15) is 5.10 Å². The Balaban J connectivity index is 1.41. The van der Waals surface area contributed by atoms with Gasteiger partial charge in [0.05, 0.1) is 5.69 Å². The number of piperazine rings is 1. The van der Waals surface area contributed by atoms with Gasteiger partial charge in [0, 0.05) is 42.3 Å². The summed E-state index contributed by atoms with van der Waals surface area (Å²) in [5.74, 6) is 1.01. The first-order valence-corrected chi connectivity index (χ1v) is 9.40. The van der Waals surface area contributed by atoms with Crippen LogP contribution in [-0.4, -0.2) is 47.2 Å². The quantitative estimate of drug-likeness (QED) is 0.714. The second-order valence-corrected chi connectivity index (χ2v) is 7.21. The van der Waals surface area contributed by atoms with Crippen molar-refractivity contribution in [2.45, 2.75) is 0 Å². The van der Waals surface area contributed by atoms with Crippen LogP contribution in [0.4, 0.5) is 5.82 Å². The van der Waals surface area contributed by atoms with Crippen molar-refractivity contribution in [3.05, 3.63) is 70.7 Å². The summed E-state index contributed by atoms with van der Waals surface area (Å²) < 4.78 is 0.923. The molecule has 0 spiro atoms. The summed E-state index contributed by atoms with van der Waals surface area (Å²) >= 11 is 3.43. The van der Waals surface area contributed by atoms with Crippen LogP contribution in [0.3, 0.4) is 0 Å². The van der Waals surface area contributed by atoms with E-state index in [9.17, 15) is 4.79 Å². The van der Waals surface area contributed by atoms with Gasteiger partial charge in [0.15, 0.2) is 5.82 Å². The minimum Gasteiger partial charge on any atom is -0.352 e. The highest BCUT2D eigenvalue weighted by molar-refractivity contribution is 9.10. The molecule has 0 bridgehead atoms. The molecule has 1 saturated heterocycles. The number of hydrogen-bond donors (Lipinski definition) is 1. The summed E-state index contributed by atoms with van der Waals surface area (Å²) in [5, 5.41) is 7.56. The zero-order chi connectivity index (χ0) is 17.9. The van der Waals surface area contributed by atoms with Gasteiger partial charge in [-0.15, -0.1) is 0 Å². The van der Waals surface area contributed by atoms with Crippen LogP contribution in [0.25, 0.3) is 11.3 Å². The molecule has 1 aliphatic rings. The van der Waals surface area contributed by atoms with Gasteiger partial charge in [0.25, 0.3) is 5.91 Å². The normalized spacial score (nSPS) is 14.5. The lowest BCUT2D eigenvalue weighted by Crippen LogP contribution is -2.48. The van der Waals surface area contributed by atoms with Gasteiger partial charge in [-0.05, 0) is 23.8 Å². The third-order valence-corrected chi connectivity index (χ3v) is 5.10. The monoisotopic (exact) mass is 410 g/mol. The van der Waals surface area contributed by atoms with Gasteiger partial charge in [-0.3, -0.25) is 9.89 Å². The second-order valence-electron chi connectivity index (χ2n) is 6.30. The third kappa shape index (κ3) is 3.51. The van der Waals surface area contributed by atoms with E-state index in [4.69, 9.17) is 0 Å². The number of nitrogens with zero attached hydrogens (tertiary/aromatic N) is 3. The zero-order valence-electron chi connectivity index (χ0n) is 14.2. The second kappa shape index (κ2) is 7.33.